The third-order valence-corrected chi connectivity index (χ3v) is 9.54. The average Bonchev–Trinajstić information content (AvgIpc) is 3.69. The van der Waals surface area contributed by atoms with Crippen molar-refractivity contribution in [3.63, 3.8) is 0 Å². The number of carbonyl (C=O) groups is 3. The van der Waals surface area contributed by atoms with Crippen molar-refractivity contribution in [2.45, 2.75) is 113 Å². The number of ether oxygens (including phenoxy) is 1. The summed E-state index contributed by atoms with van der Waals surface area (Å²) in [5, 5.41) is 11.7. The van der Waals surface area contributed by atoms with E-state index < -0.39 is 17.6 Å². The lowest BCUT2D eigenvalue weighted by molar-refractivity contribution is -0.132. The third-order valence-electron chi connectivity index (χ3n) is 9.03. The molecule has 4 aromatic rings. The van der Waals surface area contributed by atoms with E-state index in [2.05, 4.69) is 53.5 Å². The molecular formula is C38H51Cl2N5O5. The number of rotatable bonds is 10. The Balaban J connectivity index is 0.000000284. The van der Waals surface area contributed by atoms with Crippen molar-refractivity contribution in [1.82, 2.24) is 25.8 Å². The minimum atomic E-state index is -0.577. The number of fused-ring (bicyclic) bond motifs is 3. The second-order valence-electron chi connectivity index (χ2n) is 13.2. The molecule has 4 atom stereocenters. The van der Waals surface area contributed by atoms with Crippen LogP contribution < -0.4 is 10.6 Å². The molecule has 2 heterocycles. The highest BCUT2D eigenvalue weighted by molar-refractivity contribution is 6.38. The fourth-order valence-corrected chi connectivity index (χ4v) is 5.84. The van der Waals surface area contributed by atoms with Gasteiger partial charge in [-0.3, -0.25) is 9.59 Å². The number of nitrogens with one attached hydrogen (secondary N) is 3. The lowest BCUT2D eigenvalue weighted by Gasteiger charge is -2.34. The van der Waals surface area contributed by atoms with Gasteiger partial charge >= 0.3 is 6.09 Å². The fourth-order valence-electron chi connectivity index (χ4n) is 5.30. The number of unbranched alkanes of at least 4 members (excludes halogenated alkanes) is 1. The Bertz CT molecular complexity index is 1720. The first-order valence-corrected chi connectivity index (χ1v) is 18.1. The Kier molecular flexibility index (Phi) is 15.3. The minimum Gasteiger partial charge on any atom is -0.445 e. The maximum absolute atomic E-state index is 13.5. The van der Waals surface area contributed by atoms with Crippen LogP contribution in [0.2, 0.25) is 10.0 Å². The highest BCUT2D eigenvalue weighted by Gasteiger charge is 2.40. The molecule has 0 spiro atoms. The number of aromatic nitrogens is 3. The van der Waals surface area contributed by atoms with Crippen LogP contribution in [-0.2, 0) is 33.8 Å². The quantitative estimate of drug-likeness (QED) is 0.148. The maximum Gasteiger partial charge on any atom is 0.408 e. The maximum atomic E-state index is 13.5. The lowest BCUT2D eigenvalue weighted by atomic mass is 9.73. The van der Waals surface area contributed by atoms with Crippen molar-refractivity contribution in [2.24, 2.45) is 11.3 Å². The van der Waals surface area contributed by atoms with Crippen LogP contribution in [0, 0.1) is 18.3 Å². The van der Waals surface area contributed by atoms with E-state index in [0.29, 0.717) is 28.2 Å². The monoisotopic (exact) mass is 727 g/mol. The predicted molar refractivity (Wildman–Crippen MR) is 198 cm³/mol. The van der Waals surface area contributed by atoms with E-state index in [-0.39, 0.29) is 30.3 Å². The lowest BCUT2D eigenvalue weighted by Crippen LogP contribution is -2.45. The number of aromatic amines is 1. The molecule has 12 heteroatoms. The van der Waals surface area contributed by atoms with Crippen molar-refractivity contribution in [2.75, 3.05) is 0 Å². The number of Topliss-reactive ketones (excluding diaryl/α,β-unsaturated/α-hetero) is 1. The zero-order valence-corrected chi connectivity index (χ0v) is 31.9. The van der Waals surface area contributed by atoms with Gasteiger partial charge in [-0.15, -0.1) is 0 Å². The summed E-state index contributed by atoms with van der Waals surface area (Å²) in [6.45, 7) is 15.6. The largest absolute Gasteiger partial charge is 0.445 e. The molecule has 0 radical (unpaired) electrons. The standard InChI is InChI=1S/C22H26Cl2N4O2.C12H15NO3.C4H10/c1-5-11(2)18(20-25-12(3)28-30-20)27-21(29)22(4)7-6-17-15(10-22)14-8-13(23)9-16(24)19(14)26-17;1-9(10(2)14)13-12(15)16-8-11-6-4-3-5-7-11;1-3-4-2/h8-9,11,18,26H,5-7,10H2,1-4H3,(H,27,29);3-7,9H,8H2,1-2H3,(H,13,15);3-4H2,1-2H3/t11?,18-,22+;;/m0../s1. The van der Waals surface area contributed by atoms with Crippen molar-refractivity contribution < 1.29 is 23.6 Å². The molecule has 1 aliphatic rings. The number of alkyl carbamates (subject to hydrolysis) is 1. The number of nitrogens with zero attached hydrogens (tertiary/aromatic N) is 2. The van der Waals surface area contributed by atoms with Crippen LogP contribution in [0.3, 0.4) is 0 Å². The number of hydrogen-bond acceptors (Lipinski definition) is 7. The van der Waals surface area contributed by atoms with Gasteiger partial charge in [-0.1, -0.05) is 113 Å². The molecular weight excluding hydrogens is 677 g/mol. The molecule has 272 valence electrons. The summed E-state index contributed by atoms with van der Waals surface area (Å²) in [5.41, 5.74) is 3.48. The second-order valence-corrected chi connectivity index (χ2v) is 14.0. The average molecular weight is 729 g/mol. The molecule has 50 heavy (non-hydrogen) atoms. The molecule has 0 fully saturated rings. The van der Waals surface area contributed by atoms with Gasteiger partial charge < -0.3 is 24.9 Å². The number of hydrogen-bond donors (Lipinski definition) is 3. The van der Waals surface area contributed by atoms with E-state index >= 15 is 0 Å². The van der Waals surface area contributed by atoms with Crippen LogP contribution in [-0.4, -0.2) is 39.0 Å². The number of benzene rings is 2. The topological polar surface area (TPSA) is 139 Å². The highest BCUT2D eigenvalue weighted by atomic mass is 35.5. The Hall–Kier alpha value is -3.89. The van der Waals surface area contributed by atoms with Crippen LogP contribution in [0.1, 0.15) is 109 Å². The van der Waals surface area contributed by atoms with E-state index in [1.807, 2.05) is 43.3 Å². The summed E-state index contributed by atoms with van der Waals surface area (Å²) in [6.07, 6.45) is 5.06. The summed E-state index contributed by atoms with van der Waals surface area (Å²) in [7, 11) is 0. The molecule has 2 unspecified atom stereocenters. The van der Waals surface area contributed by atoms with E-state index in [9.17, 15) is 14.4 Å². The van der Waals surface area contributed by atoms with Gasteiger partial charge in [0.15, 0.2) is 11.6 Å². The number of amides is 2. The van der Waals surface area contributed by atoms with Gasteiger partial charge in [-0.2, -0.15) is 4.98 Å². The number of aryl methyl sites for hydroxylation is 2. The molecule has 0 bridgehead atoms. The number of halogens is 2. The molecule has 2 aromatic carbocycles. The number of ketones is 1. The molecule has 0 saturated carbocycles. The van der Waals surface area contributed by atoms with Gasteiger partial charge in [0, 0.05) is 16.1 Å². The van der Waals surface area contributed by atoms with E-state index in [1.54, 1.807) is 19.9 Å². The van der Waals surface area contributed by atoms with E-state index in [1.165, 1.54) is 19.8 Å². The van der Waals surface area contributed by atoms with E-state index in [0.717, 1.165) is 47.0 Å². The van der Waals surface area contributed by atoms with Gasteiger partial charge in [0.05, 0.1) is 22.0 Å². The number of H-pyrrole nitrogens is 1. The fraction of sp³-hybridized carbons (Fsp3) is 0.500. The van der Waals surface area contributed by atoms with E-state index in [4.69, 9.17) is 32.5 Å². The van der Waals surface area contributed by atoms with Crippen molar-refractivity contribution in [1.29, 1.82) is 0 Å². The van der Waals surface area contributed by atoms with Crippen LogP contribution in [0.15, 0.2) is 47.0 Å². The third kappa shape index (κ3) is 11.1. The Labute approximate surface area is 305 Å². The first-order chi connectivity index (χ1) is 23.7. The molecule has 0 saturated heterocycles. The molecule has 2 aromatic heterocycles. The molecule has 10 nitrogen and oxygen atoms in total. The first-order valence-electron chi connectivity index (χ1n) is 17.3. The molecule has 2 amide bonds. The Morgan fingerprint density at radius 1 is 1.06 bits per heavy atom. The Morgan fingerprint density at radius 2 is 1.74 bits per heavy atom. The highest BCUT2D eigenvalue weighted by Crippen LogP contribution is 2.42. The normalized spacial score (nSPS) is 16.8. The van der Waals surface area contributed by atoms with Crippen LogP contribution in [0.4, 0.5) is 4.79 Å². The summed E-state index contributed by atoms with van der Waals surface area (Å²) in [4.78, 5) is 43.4. The molecule has 0 aliphatic heterocycles. The summed E-state index contributed by atoms with van der Waals surface area (Å²) >= 11 is 12.6. The van der Waals surface area contributed by atoms with Gasteiger partial charge in [-0.05, 0) is 69.2 Å². The second kappa shape index (κ2) is 18.9. The van der Waals surface area contributed by atoms with Gasteiger partial charge in [0.25, 0.3) is 0 Å². The minimum absolute atomic E-state index is 0.00298. The molecule has 3 N–H and O–H groups in total. The molecule has 1 aliphatic carbocycles. The van der Waals surface area contributed by atoms with Crippen molar-refractivity contribution in [3.05, 3.63) is 81.0 Å². The van der Waals surface area contributed by atoms with Crippen molar-refractivity contribution >= 4 is 51.9 Å². The zero-order chi connectivity index (χ0) is 37.0. The van der Waals surface area contributed by atoms with Gasteiger partial charge in [-0.25, -0.2) is 4.79 Å². The van der Waals surface area contributed by atoms with Gasteiger partial charge in [0.2, 0.25) is 11.8 Å². The zero-order valence-electron chi connectivity index (χ0n) is 30.4. The predicted octanol–water partition coefficient (Wildman–Crippen LogP) is 9.26. The number of carbonyl (C=O) groups excluding carboxylic acids is 3. The summed E-state index contributed by atoms with van der Waals surface area (Å²) in [5.74, 6) is 1.09. The van der Waals surface area contributed by atoms with Crippen molar-refractivity contribution in [3.8, 4) is 0 Å². The Morgan fingerprint density at radius 3 is 2.32 bits per heavy atom. The smallest absolute Gasteiger partial charge is 0.408 e. The van der Waals surface area contributed by atoms with Gasteiger partial charge in [0.1, 0.15) is 12.6 Å². The van der Waals surface area contributed by atoms with Crippen LogP contribution in [0.5, 0.6) is 0 Å². The summed E-state index contributed by atoms with van der Waals surface area (Å²) < 4.78 is 10.3. The van der Waals surface area contributed by atoms with Crippen LogP contribution >= 0.6 is 23.2 Å². The summed E-state index contributed by atoms with van der Waals surface area (Å²) in [6, 6.07) is 12.2. The first kappa shape index (κ1) is 40.5. The SMILES string of the molecule is CC(=O)C(C)NC(=O)OCc1ccccc1.CCC(C)[C@H](NC(=O)[C@]1(C)CCc2[nH]c3c(Cl)cc(Cl)cc3c2C1)c1nc(C)no1.CCCC. The molecule has 5 rings (SSSR count). The van der Waals surface area contributed by atoms with Crippen LogP contribution in [0.25, 0.3) is 10.9 Å².